The van der Waals surface area contributed by atoms with E-state index in [9.17, 15) is 15.0 Å². The highest BCUT2D eigenvalue weighted by Gasteiger charge is 2.39. The molecular weight excluding hydrogens is 244 g/mol. The smallest absolute Gasteiger partial charge is 0.120 e. The lowest BCUT2D eigenvalue weighted by molar-refractivity contribution is -0.109. The molecule has 0 amide bonds. The summed E-state index contributed by atoms with van der Waals surface area (Å²) in [4.78, 5) is 10.6. The Morgan fingerprint density at radius 1 is 1.05 bits per heavy atom. The molecule has 1 rings (SSSR count). The molecule has 0 saturated heterocycles. The van der Waals surface area contributed by atoms with Crippen molar-refractivity contribution in [2.45, 2.75) is 57.2 Å². The van der Waals surface area contributed by atoms with Gasteiger partial charge in [0, 0.05) is 31.3 Å². The third kappa shape index (κ3) is 5.43. The van der Waals surface area contributed by atoms with Crippen LogP contribution in [0.15, 0.2) is 12.2 Å². The standard InChI is InChI=1S/C15H26O4/c16-9-6-4-2-1-3-5-7-12-13(8-10-17)15(19)11-14(12)18/h5,7,10,12-16,18-19H,1-4,6,8-9,11H2/t12-,13-,14+,15+/m1/s1. The Morgan fingerprint density at radius 2 is 1.79 bits per heavy atom. The molecule has 1 aliphatic carbocycles. The predicted octanol–water partition coefficient (Wildman–Crippen LogP) is 1.43. The van der Waals surface area contributed by atoms with E-state index < -0.39 is 12.2 Å². The van der Waals surface area contributed by atoms with Crippen LogP contribution >= 0.6 is 0 Å². The molecule has 1 fully saturated rings. The van der Waals surface area contributed by atoms with Crippen molar-refractivity contribution in [1.82, 2.24) is 0 Å². The van der Waals surface area contributed by atoms with Crippen molar-refractivity contribution in [1.29, 1.82) is 0 Å². The van der Waals surface area contributed by atoms with Crippen LogP contribution in [0.2, 0.25) is 0 Å². The number of aldehydes is 1. The molecule has 4 nitrogen and oxygen atoms in total. The van der Waals surface area contributed by atoms with Gasteiger partial charge in [0.1, 0.15) is 6.29 Å². The maximum absolute atomic E-state index is 10.6. The second kappa shape index (κ2) is 9.23. The number of aliphatic hydroxyl groups is 3. The van der Waals surface area contributed by atoms with Crippen LogP contribution in [0.3, 0.4) is 0 Å². The van der Waals surface area contributed by atoms with E-state index >= 15 is 0 Å². The van der Waals surface area contributed by atoms with E-state index in [1.807, 2.05) is 12.2 Å². The number of aliphatic hydroxyl groups excluding tert-OH is 3. The average Bonchev–Trinajstić information content (AvgIpc) is 2.64. The topological polar surface area (TPSA) is 77.8 Å². The minimum Gasteiger partial charge on any atom is -0.396 e. The summed E-state index contributed by atoms with van der Waals surface area (Å²) in [5.74, 6) is -0.240. The van der Waals surface area contributed by atoms with Crippen molar-refractivity contribution >= 4 is 6.29 Å². The summed E-state index contributed by atoms with van der Waals surface area (Å²) in [5.41, 5.74) is 0. The number of unbranched alkanes of at least 4 members (excludes halogenated alkanes) is 4. The number of hydrogen-bond donors (Lipinski definition) is 3. The number of allylic oxidation sites excluding steroid dienone is 1. The zero-order valence-electron chi connectivity index (χ0n) is 11.4. The van der Waals surface area contributed by atoms with Crippen molar-refractivity contribution in [2.24, 2.45) is 11.8 Å². The summed E-state index contributed by atoms with van der Waals surface area (Å²) in [7, 11) is 0. The molecule has 0 unspecified atom stereocenters. The first-order valence-corrected chi connectivity index (χ1v) is 7.28. The first kappa shape index (κ1) is 16.3. The molecule has 0 spiro atoms. The summed E-state index contributed by atoms with van der Waals surface area (Å²) < 4.78 is 0. The molecule has 19 heavy (non-hydrogen) atoms. The molecule has 0 bridgehead atoms. The molecule has 0 aromatic rings. The van der Waals surface area contributed by atoms with E-state index in [4.69, 9.17) is 5.11 Å². The molecule has 4 heteroatoms. The lowest BCUT2D eigenvalue weighted by atomic mass is 9.90. The van der Waals surface area contributed by atoms with E-state index in [1.54, 1.807) is 0 Å². The molecule has 1 saturated carbocycles. The van der Waals surface area contributed by atoms with Crippen molar-refractivity contribution in [3.8, 4) is 0 Å². The van der Waals surface area contributed by atoms with E-state index in [1.165, 1.54) is 0 Å². The summed E-state index contributed by atoms with van der Waals surface area (Å²) in [6.45, 7) is 0.259. The first-order valence-electron chi connectivity index (χ1n) is 7.28. The second-order valence-electron chi connectivity index (χ2n) is 5.37. The van der Waals surface area contributed by atoms with Gasteiger partial charge in [-0.05, 0) is 19.3 Å². The number of carbonyl (C=O) groups is 1. The van der Waals surface area contributed by atoms with Gasteiger partial charge in [0.25, 0.3) is 0 Å². The largest absolute Gasteiger partial charge is 0.396 e. The Hall–Kier alpha value is -0.710. The lowest BCUT2D eigenvalue weighted by Gasteiger charge is -2.17. The Labute approximate surface area is 115 Å². The highest BCUT2D eigenvalue weighted by Crippen LogP contribution is 2.35. The first-order chi connectivity index (χ1) is 9.20. The summed E-state index contributed by atoms with van der Waals surface area (Å²) in [5, 5.41) is 28.3. The number of rotatable bonds is 9. The minimum atomic E-state index is -0.570. The van der Waals surface area contributed by atoms with Crippen LogP contribution in [0.4, 0.5) is 0 Å². The molecule has 0 aromatic carbocycles. The van der Waals surface area contributed by atoms with Crippen LogP contribution in [-0.2, 0) is 4.79 Å². The molecule has 0 aromatic heterocycles. The number of hydrogen-bond acceptors (Lipinski definition) is 4. The average molecular weight is 270 g/mol. The van der Waals surface area contributed by atoms with Crippen molar-refractivity contribution < 1.29 is 20.1 Å². The SMILES string of the molecule is O=CC[C@@H]1[C@@H](C=CCCCCCCO)[C@@H](O)C[C@@H]1O. The summed E-state index contributed by atoms with van der Waals surface area (Å²) in [6.07, 6.45) is 9.41. The molecule has 0 aliphatic heterocycles. The predicted molar refractivity (Wildman–Crippen MR) is 73.6 cm³/mol. The summed E-state index contributed by atoms with van der Waals surface area (Å²) in [6, 6.07) is 0. The lowest BCUT2D eigenvalue weighted by Crippen LogP contribution is -2.20. The molecule has 110 valence electrons. The zero-order chi connectivity index (χ0) is 14.1. The van der Waals surface area contributed by atoms with Crippen LogP contribution < -0.4 is 0 Å². The Kier molecular flexibility index (Phi) is 7.94. The second-order valence-corrected chi connectivity index (χ2v) is 5.37. The highest BCUT2D eigenvalue weighted by atomic mass is 16.3. The quantitative estimate of drug-likeness (QED) is 0.336. The van der Waals surface area contributed by atoms with Gasteiger partial charge in [-0.1, -0.05) is 25.0 Å². The Morgan fingerprint density at radius 3 is 2.47 bits per heavy atom. The van der Waals surface area contributed by atoms with Crippen molar-refractivity contribution in [3.05, 3.63) is 12.2 Å². The fraction of sp³-hybridized carbons (Fsp3) is 0.800. The maximum Gasteiger partial charge on any atom is 0.120 e. The molecule has 1 aliphatic rings. The van der Waals surface area contributed by atoms with Crippen LogP contribution in [0.25, 0.3) is 0 Å². The van der Waals surface area contributed by atoms with E-state index in [0.29, 0.717) is 12.8 Å². The van der Waals surface area contributed by atoms with Gasteiger partial charge in [0.05, 0.1) is 12.2 Å². The van der Waals surface area contributed by atoms with Gasteiger partial charge in [-0.2, -0.15) is 0 Å². The molecule has 3 N–H and O–H groups in total. The Balaban J connectivity index is 2.30. The molecule has 0 heterocycles. The van der Waals surface area contributed by atoms with E-state index in [2.05, 4.69) is 0 Å². The van der Waals surface area contributed by atoms with Gasteiger partial charge in [0.2, 0.25) is 0 Å². The maximum atomic E-state index is 10.6. The van der Waals surface area contributed by atoms with Crippen LogP contribution in [-0.4, -0.2) is 40.4 Å². The van der Waals surface area contributed by atoms with Gasteiger partial charge in [-0.15, -0.1) is 0 Å². The van der Waals surface area contributed by atoms with E-state index in [-0.39, 0.29) is 18.4 Å². The third-order valence-electron chi connectivity index (χ3n) is 3.92. The Bertz CT molecular complexity index is 277. The molecule has 0 radical (unpaired) electrons. The van der Waals surface area contributed by atoms with Crippen LogP contribution in [0, 0.1) is 11.8 Å². The van der Waals surface area contributed by atoms with Crippen molar-refractivity contribution in [2.75, 3.05) is 6.61 Å². The van der Waals surface area contributed by atoms with Gasteiger partial charge in [-0.3, -0.25) is 0 Å². The van der Waals surface area contributed by atoms with Gasteiger partial charge in [-0.25, -0.2) is 0 Å². The fourth-order valence-electron chi connectivity index (χ4n) is 2.80. The highest BCUT2D eigenvalue weighted by molar-refractivity contribution is 5.50. The molecule has 4 atom stereocenters. The number of carbonyl (C=O) groups excluding carboxylic acids is 1. The minimum absolute atomic E-state index is 0.0994. The van der Waals surface area contributed by atoms with Gasteiger partial charge in [0.15, 0.2) is 0 Å². The normalized spacial score (nSPS) is 31.1. The van der Waals surface area contributed by atoms with Crippen LogP contribution in [0.5, 0.6) is 0 Å². The van der Waals surface area contributed by atoms with Gasteiger partial charge < -0.3 is 20.1 Å². The van der Waals surface area contributed by atoms with Crippen molar-refractivity contribution in [3.63, 3.8) is 0 Å². The van der Waals surface area contributed by atoms with E-state index in [0.717, 1.165) is 38.4 Å². The summed E-state index contributed by atoms with van der Waals surface area (Å²) >= 11 is 0. The third-order valence-corrected chi connectivity index (χ3v) is 3.92. The zero-order valence-corrected chi connectivity index (χ0v) is 11.4. The molecular formula is C15H26O4. The fourth-order valence-corrected chi connectivity index (χ4v) is 2.80. The van der Waals surface area contributed by atoms with Crippen LogP contribution in [0.1, 0.15) is 44.9 Å². The monoisotopic (exact) mass is 270 g/mol. The van der Waals surface area contributed by atoms with Gasteiger partial charge >= 0.3 is 0 Å².